The van der Waals surface area contributed by atoms with Crippen LogP contribution in [0.1, 0.15) is 17.4 Å². The SMILES string of the molecule is COc1c(Cl)cc(/C(O)=C2/C(=O)C(=O)N(c3ccc(F)c(Cl)c3)C2c2ccco2)c(OC)c1Cl. The van der Waals surface area contributed by atoms with Gasteiger partial charge in [-0.3, -0.25) is 14.5 Å². The molecule has 1 N–H and O–H groups in total. The molecule has 11 heteroatoms. The Bertz CT molecular complexity index is 1340. The number of hydrogen-bond acceptors (Lipinski definition) is 6. The molecule has 1 aliphatic heterocycles. The Morgan fingerprint density at radius 1 is 1.06 bits per heavy atom. The van der Waals surface area contributed by atoms with Gasteiger partial charge in [-0.15, -0.1) is 0 Å². The number of aliphatic hydroxyl groups is 1. The number of benzene rings is 2. The van der Waals surface area contributed by atoms with Crippen molar-refractivity contribution in [3.05, 3.63) is 80.4 Å². The number of aliphatic hydroxyl groups excluding tert-OH is 1. The molecule has 1 aromatic heterocycles. The smallest absolute Gasteiger partial charge is 0.300 e. The Labute approximate surface area is 207 Å². The predicted molar refractivity (Wildman–Crippen MR) is 124 cm³/mol. The van der Waals surface area contributed by atoms with Crippen molar-refractivity contribution in [2.45, 2.75) is 6.04 Å². The molecule has 0 aliphatic carbocycles. The topological polar surface area (TPSA) is 89.2 Å². The van der Waals surface area contributed by atoms with Crippen LogP contribution in [0, 0.1) is 5.82 Å². The summed E-state index contributed by atoms with van der Waals surface area (Å²) >= 11 is 18.5. The number of furan rings is 1. The summed E-state index contributed by atoms with van der Waals surface area (Å²) in [5.74, 6) is -3.11. The summed E-state index contributed by atoms with van der Waals surface area (Å²) in [5, 5.41) is 11.0. The molecule has 176 valence electrons. The van der Waals surface area contributed by atoms with Crippen molar-refractivity contribution in [1.82, 2.24) is 0 Å². The molecule has 1 atom stereocenters. The molecule has 1 aliphatic rings. The predicted octanol–water partition coefficient (Wildman–Crippen LogP) is 6.02. The fourth-order valence-electron chi connectivity index (χ4n) is 3.74. The van der Waals surface area contributed by atoms with E-state index in [1.165, 1.54) is 44.7 Å². The summed E-state index contributed by atoms with van der Waals surface area (Å²) in [5.41, 5.74) is -0.257. The second-order valence-corrected chi connectivity index (χ2v) is 8.26. The first-order valence-corrected chi connectivity index (χ1v) is 10.7. The zero-order chi connectivity index (χ0) is 24.7. The van der Waals surface area contributed by atoms with E-state index in [1.54, 1.807) is 6.07 Å². The third-order valence-electron chi connectivity index (χ3n) is 5.23. The van der Waals surface area contributed by atoms with Crippen molar-refractivity contribution in [1.29, 1.82) is 0 Å². The van der Waals surface area contributed by atoms with Gasteiger partial charge in [-0.1, -0.05) is 34.8 Å². The first-order chi connectivity index (χ1) is 16.2. The Balaban J connectivity index is 1.99. The normalized spacial score (nSPS) is 17.4. The fourth-order valence-corrected chi connectivity index (χ4v) is 4.60. The number of ketones is 1. The number of Topliss-reactive ketones (excluding diaryl/α,β-unsaturated/α-hetero) is 1. The van der Waals surface area contributed by atoms with Gasteiger partial charge in [0.05, 0.1) is 41.7 Å². The number of amides is 1. The van der Waals surface area contributed by atoms with Gasteiger partial charge in [0.1, 0.15) is 28.4 Å². The minimum absolute atomic E-state index is 0.0314. The van der Waals surface area contributed by atoms with Crippen LogP contribution in [0.2, 0.25) is 15.1 Å². The molecule has 2 aromatic carbocycles. The average Bonchev–Trinajstić information content (AvgIpc) is 3.42. The second kappa shape index (κ2) is 9.21. The van der Waals surface area contributed by atoms with Crippen LogP contribution in [0.5, 0.6) is 11.5 Å². The van der Waals surface area contributed by atoms with Crippen LogP contribution < -0.4 is 14.4 Å². The first-order valence-electron chi connectivity index (χ1n) is 9.61. The number of carbonyl (C=O) groups excluding carboxylic acids is 2. The van der Waals surface area contributed by atoms with Crippen molar-refractivity contribution in [2.24, 2.45) is 0 Å². The van der Waals surface area contributed by atoms with Crippen LogP contribution in [-0.4, -0.2) is 31.0 Å². The molecule has 3 aromatic rings. The number of anilines is 1. The lowest BCUT2D eigenvalue weighted by molar-refractivity contribution is -0.132. The van der Waals surface area contributed by atoms with Gasteiger partial charge in [-0.25, -0.2) is 4.39 Å². The molecule has 0 bridgehead atoms. The van der Waals surface area contributed by atoms with E-state index in [0.717, 1.165) is 11.0 Å². The number of nitrogens with zero attached hydrogens (tertiary/aromatic N) is 1. The quantitative estimate of drug-likeness (QED) is 0.248. The Kier molecular flexibility index (Phi) is 6.49. The number of hydrogen-bond donors (Lipinski definition) is 1. The Morgan fingerprint density at radius 3 is 2.35 bits per heavy atom. The van der Waals surface area contributed by atoms with E-state index in [2.05, 4.69) is 0 Å². The molecular weight excluding hydrogens is 512 g/mol. The van der Waals surface area contributed by atoms with Crippen LogP contribution in [0.4, 0.5) is 10.1 Å². The summed E-state index contributed by atoms with van der Waals surface area (Å²) < 4.78 is 29.7. The number of rotatable bonds is 5. The van der Waals surface area contributed by atoms with E-state index in [4.69, 9.17) is 48.7 Å². The lowest BCUT2D eigenvalue weighted by atomic mass is 9.98. The Hall–Kier alpha value is -3.20. The zero-order valence-corrected chi connectivity index (χ0v) is 19.8. The highest BCUT2D eigenvalue weighted by molar-refractivity contribution is 6.52. The summed E-state index contributed by atoms with van der Waals surface area (Å²) in [7, 11) is 2.65. The van der Waals surface area contributed by atoms with Crippen molar-refractivity contribution >= 4 is 57.9 Å². The third kappa shape index (κ3) is 3.77. The van der Waals surface area contributed by atoms with Gasteiger partial charge in [0.25, 0.3) is 11.7 Å². The lowest BCUT2D eigenvalue weighted by Gasteiger charge is -2.24. The maximum Gasteiger partial charge on any atom is 0.300 e. The molecule has 7 nitrogen and oxygen atoms in total. The molecule has 34 heavy (non-hydrogen) atoms. The average molecular weight is 527 g/mol. The second-order valence-electron chi connectivity index (χ2n) is 7.07. The highest BCUT2D eigenvalue weighted by Crippen LogP contribution is 2.48. The van der Waals surface area contributed by atoms with Crippen molar-refractivity contribution in [3.63, 3.8) is 0 Å². The van der Waals surface area contributed by atoms with Gasteiger partial charge in [-0.05, 0) is 36.4 Å². The summed E-state index contributed by atoms with van der Waals surface area (Å²) in [6.07, 6.45) is 1.34. The van der Waals surface area contributed by atoms with Crippen molar-refractivity contribution in [3.8, 4) is 11.5 Å². The van der Waals surface area contributed by atoms with E-state index in [0.29, 0.717) is 0 Å². The van der Waals surface area contributed by atoms with E-state index in [9.17, 15) is 19.1 Å². The standard InChI is InChI=1S/C23H15Cl3FNO6/c1-32-21-11(9-13(25)22(33-2)17(21)26)19(29)16-18(15-4-3-7-34-15)28(23(31)20(16)30)10-5-6-14(27)12(24)8-10/h3-9,18,29H,1-2H3/b19-16-. The number of halogens is 4. The minimum Gasteiger partial charge on any atom is -0.507 e. The highest BCUT2D eigenvalue weighted by Gasteiger charge is 2.48. The third-order valence-corrected chi connectivity index (χ3v) is 6.15. The maximum absolute atomic E-state index is 13.8. The summed E-state index contributed by atoms with van der Waals surface area (Å²) in [6.45, 7) is 0. The monoisotopic (exact) mass is 525 g/mol. The van der Waals surface area contributed by atoms with E-state index >= 15 is 0 Å². The van der Waals surface area contributed by atoms with Gasteiger partial charge in [0, 0.05) is 5.69 Å². The lowest BCUT2D eigenvalue weighted by Crippen LogP contribution is -2.29. The molecular formula is C23H15Cl3FNO6. The van der Waals surface area contributed by atoms with Crippen molar-refractivity contribution in [2.75, 3.05) is 19.1 Å². The van der Waals surface area contributed by atoms with Crippen LogP contribution in [0.25, 0.3) is 5.76 Å². The molecule has 1 unspecified atom stereocenters. The summed E-state index contributed by atoms with van der Waals surface area (Å²) in [6, 6.07) is 6.69. The van der Waals surface area contributed by atoms with E-state index in [-0.39, 0.29) is 49.2 Å². The van der Waals surface area contributed by atoms with Crippen LogP contribution in [-0.2, 0) is 9.59 Å². The zero-order valence-electron chi connectivity index (χ0n) is 17.6. The minimum atomic E-state index is -1.21. The van der Waals surface area contributed by atoms with Gasteiger partial charge in [-0.2, -0.15) is 0 Å². The highest BCUT2D eigenvalue weighted by atomic mass is 35.5. The van der Waals surface area contributed by atoms with Crippen molar-refractivity contribution < 1.29 is 33.0 Å². The number of ether oxygens (including phenoxy) is 2. The number of carbonyl (C=O) groups is 2. The van der Waals surface area contributed by atoms with E-state index < -0.39 is 29.3 Å². The Morgan fingerprint density at radius 2 is 1.76 bits per heavy atom. The van der Waals surface area contributed by atoms with Crippen LogP contribution in [0.15, 0.2) is 52.7 Å². The van der Waals surface area contributed by atoms with Gasteiger partial charge in [0.15, 0.2) is 11.5 Å². The molecule has 0 radical (unpaired) electrons. The maximum atomic E-state index is 13.8. The summed E-state index contributed by atoms with van der Waals surface area (Å²) in [4.78, 5) is 27.3. The van der Waals surface area contributed by atoms with Crippen LogP contribution >= 0.6 is 34.8 Å². The molecule has 0 spiro atoms. The molecule has 0 saturated carbocycles. The molecule has 2 heterocycles. The fraction of sp³-hybridized carbons (Fsp3) is 0.130. The molecule has 1 amide bonds. The largest absolute Gasteiger partial charge is 0.507 e. The van der Waals surface area contributed by atoms with Gasteiger partial charge >= 0.3 is 0 Å². The molecule has 1 saturated heterocycles. The molecule has 4 rings (SSSR count). The van der Waals surface area contributed by atoms with Crippen LogP contribution in [0.3, 0.4) is 0 Å². The van der Waals surface area contributed by atoms with E-state index in [1.807, 2.05) is 0 Å². The van der Waals surface area contributed by atoms with Gasteiger partial charge < -0.3 is 19.0 Å². The van der Waals surface area contributed by atoms with Gasteiger partial charge in [0.2, 0.25) is 0 Å². The first kappa shape index (κ1) is 23.9. The molecule has 1 fully saturated rings. The number of methoxy groups -OCH3 is 2.